The van der Waals surface area contributed by atoms with E-state index in [4.69, 9.17) is 0 Å². The summed E-state index contributed by atoms with van der Waals surface area (Å²) in [5, 5.41) is 3.53. The van der Waals surface area contributed by atoms with Gasteiger partial charge in [0, 0.05) is 12.6 Å². The highest BCUT2D eigenvalue weighted by Gasteiger charge is 2.36. The van der Waals surface area contributed by atoms with Crippen molar-refractivity contribution in [1.82, 2.24) is 10.2 Å². The summed E-state index contributed by atoms with van der Waals surface area (Å²) < 4.78 is 0. The van der Waals surface area contributed by atoms with Gasteiger partial charge in [-0.1, -0.05) is 26.7 Å². The molecule has 0 aromatic heterocycles. The van der Waals surface area contributed by atoms with Crippen LogP contribution in [0, 0.1) is 11.8 Å². The summed E-state index contributed by atoms with van der Waals surface area (Å²) in [6.45, 7) is 9.73. The molecular weight excluding hydrogens is 220 g/mol. The summed E-state index contributed by atoms with van der Waals surface area (Å²) >= 11 is 0. The zero-order valence-corrected chi connectivity index (χ0v) is 12.5. The van der Waals surface area contributed by atoms with E-state index in [2.05, 4.69) is 24.1 Å². The standard InChI is InChI=1S/C16H32N2/c1-14(2)12-17-9-5-3-4-6-10-18-13-15-7-8-16(18)11-15/h14-17H,3-13H2,1-2H3. The quantitative estimate of drug-likeness (QED) is 0.634. The van der Waals surface area contributed by atoms with Gasteiger partial charge in [0.15, 0.2) is 0 Å². The van der Waals surface area contributed by atoms with Crippen molar-refractivity contribution in [3.05, 3.63) is 0 Å². The molecule has 1 saturated heterocycles. The topological polar surface area (TPSA) is 15.3 Å². The van der Waals surface area contributed by atoms with E-state index in [1.54, 1.807) is 0 Å². The molecule has 2 aliphatic rings. The molecule has 2 bridgehead atoms. The van der Waals surface area contributed by atoms with E-state index in [1.165, 1.54) is 71.1 Å². The van der Waals surface area contributed by atoms with Crippen LogP contribution < -0.4 is 5.32 Å². The molecule has 2 unspecified atom stereocenters. The molecule has 1 N–H and O–H groups in total. The Balaban J connectivity index is 1.38. The maximum absolute atomic E-state index is 3.53. The Kier molecular flexibility index (Phi) is 5.97. The largest absolute Gasteiger partial charge is 0.316 e. The third kappa shape index (κ3) is 4.55. The molecule has 2 nitrogen and oxygen atoms in total. The number of piperidine rings is 1. The minimum Gasteiger partial charge on any atom is -0.316 e. The number of hydrogen-bond donors (Lipinski definition) is 1. The highest BCUT2D eigenvalue weighted by atomic mass is 15.2. The number of unbranched alkanes of at least 4 members (excludes halogenated alkanes) is 3. The normalized spacial score (nSPS) is 27.5. The second-order valence-corrected chi connectivity index (χ2v) is 6.84. The Labute approximate surface area is 114 Å². The lowest BCUT2D eigenvalue weighted by Crippen LogP contribution is -2.32. The highest BCUT2D eigenvalue weighted by molar-refractivity contribution is 4.91. The second kappa shape index (κ2) is 7.49. The van der Waals surface area contributed by atoms with Crippen LogP contribution in [0.2, 0.25) is 0 Å². The third-order valence-corrected chi connectivity index (χ3v) is 4.62. The molecule has 1 aliphatic carbocycles. The Morgan fingerprint density at radius 2 is 1.94 bits per heavy atom. The van der Waals surface area contributed by atoms with Crippen LogP contribution in [0.25, 0.3) is 0 Å². The molecule has 2 atom stereocenters. The van der Waals surface area contributed by atoms with Crippen LogP contribution in [0.15, 0.2) is 0 Å². The predicted molar refractivity (Wildman–Crippen MR) is 78.9 cm³/mol. The Hall–Kier alpha value is -0.0800. The van der Waals surface area contributed by atoms with Crippen LogP contribution >= 0.6 is 0 Å². The molecule has 0 amide bonds. The minimum absolute atomic E-state index is 0.788. The summed E-state index contributed by atoms with van der Waals surface area (Å²) in [5.41, 5.74) is 0. The maximum atomic E-state index is 3.53. The first-order valence-electron chi connectivity index (χ1n) is 8.20. The molecular formula is C16H32N2. The lowest BCUT2D eigenvalue weighted by Gasteiger charge is -2.26. The molecule has 0 aromatic carbocycles. The van der Waals surface area contributed by atoms with Gasteiger partial charge < -0.3 is 10.2 Å². The highest BCUT2D eigenvalue weighted by Crippen LogP contribution is 2.37. The molecule has 2 rings (SSSR count). The molecule has 0 radical (unpaired) electrons. The van der Waals surface area contributed by atoms with Gasteiger partial charge in [0.2, 0.25) is 0 Å². The van der Waals surface area contributed by atoms with E-state index in [1.807, 2.05) is 0 Å². The van der Waals surface area contributed by atoms with Crippen molar-refractivity contribution in [2.24, 2.45) is 11.8 Å². The van der Waals surface area contributed by atoms with Gasteiger partial charge in [-0.05, 0) is 63.6 Å². The molecule has 0 aromatic rings. The molecule has 2 fully saturated rings. The summed E-state index contributed by atoms with van der Waals surface area (Å²) in [4.78, 5) is 2.77. The van der Waals surface area contributed by atoms with E-state index in [0.717, 1.165) is 17.9 Å². The molecule has 1 saturated carbocycles. The molecule has 0 spiro atoms. The number of fused-ring (bicyclic) bond motifs is 2. The van der Waals surface area contributed by atoms with Gasteiger partial charge in [-0.15, -0.1) is 0 Å². The van der Waals surface area contributed by atoms with Gasteiger partial charge in [-0.2, -0.15) is 0 Å². The van der Waals surface area contributed by atoms with Gasteiger partial charge in [0.05, 0.1) is 0 Å². The second-order valence-electron chi connectivity index (χ2n) is 6.84. The lowest BCUT2D eigenvalue weighted by atomic mass is 10.1. The van der Waals surface area contributed by atoms with Crippen LogP contribution in [-0.4, -0.2) is 37.1 Å². The van der Waals surface area contributed by atoms with Gasteiger partial charge in [0.25, 0.3) is 0 Å². The number of nitrogens with one attached hydrogen (secondary N) is 1. The molecule has 1 heterocycles. The van der Waals surface area contributed by atoms with Crippen LogP contribution in [-0.2, 0) is 0 Å². The van der Waals surface area contributed by atoms with E-state index < -0.39 is 0 Å². The third-order valence-electron chi connectivity index (χ3n) is 4.62. The number of rotatable bonds is 9. The number of likely N-dealkylation sites (tertiary alicyclic amines) is 1. The molecule has 106 valence electrons. The van der Waals surface area contributed by atoms with Gasteiger partial charge in [-0.3, -0.25) is 0 Å². The first-order valence-corrected chi connectivity index (χ1v) is 8.20. The van der Waals surface area contributed by atoms with Gasteiger partial charge >= 0.3 is 0 Å². The van der Waals surface area contributed by atoms with Crippen molar-refractivity contribution in [3.63, 3.8) is 0 Å². The van der Waals surface area contributed by atoms with Crippen molar-refractivity contribution in [2.45, 2.75) is 64.8 Å². The monoisotopic (exact) mass is 252 g/mol. The van der Waals surface area contributed by atoms with Crippen LogP contribution in [0.3, 0.4) is 0 Å². The summed E-state index contributed by atoms with van der Waals surface area (Å²) in [6.07, 6.45) is 10.1. The SMILES string of the molecule is CC(C)CNCCCCCCN1CC2CCC1C2. The Bertz CT molecular complexity index is 227. The molecule has 18 heavy (non-hydrogen) atoms. The van der Waals surface area contributed by atoms with Crippen molar-refractivity contribution >= 4 is 0 Å². The Morgan fingerprint density at radius 3 is 2.61 bits per heavy atom. The van der Waals surface area contributed by atoms with Crippen LogP contribution in [0.4, 0.5) is 0 Å². The van der Waals surface area contributed by atoms with Crippen molar-refractivity contribution in [2.75, 3.05) is 26.2 Å². The number of hydrogen-bond acceptors (Lipinski definition) is 2. The molecule has 1 aliphatic heterocycles. The first-order chi connectivity index (χ1) is 8.75. The smallest absolute Gasteiger partial charge is 0.00985 e. The zero-order valence-electron chi connectivity index (χ0n) is 12.5. The van der Waals surface area contributed by atoms with E-state index in [9.17, 15) is 0 Å². The fourth-order valence-corrected chi connectivity index (χ4v) is 3.61. The Morgan fingerprint density at radius 1 is 1.11 bits per heavy atom. The average Bonchev–Trinajstić information content (AvgIpc) is 2.94. The van der Waals surface area contributed by atoms with Gasteiger partial charge in [-0.25, -0.2) is 0 Å². The molecule has 2 heteroatoms. The van der Waals surface area contributed by atoms with E-state index in [0.29, 0.717) is 0 Å². The van der Waals surface area contributed by atoms with E-state index >= 15 is 0 Å². The predicted octanol–water partition coefficient (Wildman–Crippen LogP) is 3.28. The number of nitrogens with zero attached hydrogens (tertiary/aromatic N) is 1. The summed E-state index contributed by atoms with van der Waals surface area (Å²) in [7, 11) is 0. The first kappa shape index (κ1) is 14.3. The average molecular weight is 252 g/mol. The fourth-order valence-electron chi connectivity index (χ4n) is 3.61. The summed E-state index contributed by atoms with van der Waals surface area (Å²) in [6, 6.07) is 0.975. The van der Waals surface area contributed by atoms with E-state index in [-0.39, 0.29) is 0 Å². The van der Waals surface area contributed by atoms with Crippen molar-refractivity contribution in [3.8, 4) is 0 Å². The van der Waals surface area contributed by atoms with Crippen molar-refractivity contribution < 1.29 is 0 Å². The van der Waals surface area contributed by atoms with Crippen LogP contribution in [0.5, 0.6) is 0 Å². The fraction of sp³-hybridized carbons (Fsp3) is 1.00. The lowest BCUT2D eigenvalue weighted by molar-refractivity contribution is 0.209. The zero-order chi connectivity index (χ0) is 12.8. The summed E-state index contributed by atoms with van der Waals surface area (Å²) in [5.74, 6) is 1.85. The van der Waals surface area contributed by atoms with Gasteiger partial charge in [0.1, 0.15) is 0 Å². The van der Waals surface area contributed by atoms with Crippen LogP contribution in [0.1, 0.15) is 58.8 Å². The minimum atomic E-state index is 0.788. The maximum Gasteiger partial charge on any atom is 0.00985 e. The van der Waals surface area contributed by atoms with Crippen molar-refractivity contribution in [1.29, 1.82) is 0 Å².